The normalized spacial score (nSPS) is 13.0. The van der Waals surface area contributed by atoms with Crippen molar-refractivity contribution < 1.29 is 14.0 Å². The third kappa shape index (κ3) is 3.66. The van der Waals surface area contributed by atoms with E-state index in [1.165, 1.54) is 12.1 Å². The highest BCUT2D eigenvalue weighted by molar-refractivity contribution is 6.08. The number of nitrogens with zero attached hydrogens (tertiary/aromatic N) is 1. The molecular weight excluding hydrogens is 321 g/mol. The SMILES string of the molecule is Cc1ccccc1NC(=O)NC(=O)c1cc(C#N)c(C2CC2)cc1F. The van der Waals surface area contributed by atoms with Crippen LogP contribution in [0.2, 0.25) is 0 Å². The van der Waals surface area contributed by atoms with Crippen molar-refractivity contribution in [2.75, 3.05) is 5.32 Å². The lowest BCUT2D eigenvalue weighted by Gasteiger charge is -2.10. The second-order valence-electron chi connectivity index (χ2n) is 6.03. The molecule has 3 rings (SSSR count). The molecular formula is C19H16FN3O2. The summed E-state index contributed by atoms with van der Waals surface area (Å²) in [5, 5.41) is 13.8. The van der Waals surface area contributed by atoms with E-state index >= 15 is 0 Å². The fraction of sp³-hybridized carbons (Fsp3) is 0.211. The lowest BCUT2D eigenvalue weighted by Crippen LogP contribution is -2.35. The molecule has 6 heteroatoms. The highest BCUT2D eigenvalue weighted by Crippen LogP contribution is 2.42. The quantitative estimate of drug-likeness (QED) is 0.892. The minimum absolute atomic E-state index is 0.186. The van der Waals surface area contributed by atoms with Crippen LogP contribution in [0.4, 0.5) is 14.9 Å². The molecule has 3 amide bonds. The lowest BCUT2D eigenvalue weighted by atomic mass is 10.00. The molecule has 0 aliphatic heterocycles. The van der Waals surface area contributed by atoms with Gasteiger partial charge >= 0.3 is 6.03 Å². The Balaban J connectivity index is 1.76. The number of urea groups is 1. The summed E-state index contributed by atoms with van der Waals surface area (Å²) in [6.07, 6.45) is 1.83. The van der Waals surface area contributed by atoms with E-state index in [2.05, 4.69) is 10.6 Å². The number of carbonyl (C=O) groups excluding carboxylic acids is 2. The maximum Gasteiger partial charge on any atom is 0.326 e. The molecule has 0 unspecified atom stereocenters. The molecule has 0 aromatic heterocycles. The van der Waals surface area contributed by atoms with E-state index in [4.69, 9.17) is 0 Å². The fourth-order valence-corrected chi connectivity index (χ4v) is 2.63. The number of hydrogen-bond acceptors (Lipinski definition) is 3. The minimum Gasteiger partial charge on any atom is -0.307 e. The summed E-state index contributed by atoms with van der Waals surface area (Å²) in [7, 11) is 0. The van der Waals surface area contributed by atoms with E-state index in [9.17, 15) is 19.2 Å². The Morgan fingerprint density at radius 3 is 2.60 bits per heavy atom. The van der Waals surface area contributed by atoms with Crippen LogP contribution in [0.3, 0.4) is 0 Å². The molecule has 25 heavy (non-hydrogen) atoms. The maximum atomic E-state index is 14.2. The molecule has 1 saturated carbocycles. The summed E-state index contributed by atoms with van der Waals surface area (Å²) in [6, 6.07) is 10.7. The molecule has 2 aromatic carbocycles. The molecule has 126 valence electrons. The van der Waals surface area contributed by atoms with Crippen LogP contribution in [0.1, 0.15) is 45.8 Å². The van der Waals surface area contributed by atoms with Crippen LogP contribution in [-0.2, 0) is 0 Å². The number of benzene rings is 2. The first-order chi connectivity index (χ1) is 12.0. The molecule has 0 spiro atoms. The van der Waals surface area contributed by atoms with Gasteiger partial charge < -0.3 is 5.32 Å². The first kappa shape index (κ1) is 16.7. The maximum absolute atomic E-state index is 14.2. The van der Waals surface area contributed by atoms with Gasteiger partial charge in [-0.15, -0.1) is 0 Å². The highest BCUT2D eigenvalue weighted by atomic mass is 19.1. The lowest BCUT2D eigenvalue weighted by molar-refractivity contribution is 0.0963. The number of anilines is 1. The van der Waals surface area contributed by atoms with E-state index in [1.54, 1.807) is 12.1 Å². The van der Waals surface area contributed by atoms with E-state index in [1.807, 2.05) is 25.1 Å². The van der Waals surface area contributed by atoms with Gasteiger partial charge in [0, 0.05) is 5.69 Å². The van der Waals surface area contributed by atoms with E-state index in [-0.39, 0.29) is 17.0 Å². The number of aryl methyl sites for hydroxylation is 1. The van der Waals surface area contributed by atoms with E-state index in [0.717, 1.165) is 18.4 Å². The van der Waals surface area contributed by atoms with Crippen LogP contribution in [0.5, 0.6) is 0 Å². The third-order valence-electron chi connectivity index (χ3n) is 4.14. The summed E-state index contributed by atoms with van der Waals surface area (Å²) < 4.78 is 14.2. The topological polar surface area (TPSA) is 82.0 Å². The Bertz CT molecular complexity index is 898. The number of nitriles is 1. The van der Waals surface area contributed by atoms with Crippen LogP contribution in [0.15, 0.2) is 36.4 Å². The molecule has 2 aromatic rings. The average Bonchev–Trinajstić information content (AvgIpc) is 3.41. The van der Waals surface area contributed by atoms with Crippen LogP contribution in [0, 0.1) is 24.1 Å². The average molecular weight is 337 g/mol. The van der Waals surface area contributed by atoms with Gasteiger partial charge in [-0.2, -0.15) is 5.26 Å². The smallest absolute Gasteiger partial charge is 0.307 e. The van der Waals surface area contributed by atoms with Crippen molar-refractivity contribution in [1.29, 1.82) is 5.26 Å². The second-order valence-corrected chi connectivity index (χ2v) is 6.03. The van der Waals surface area contributed by atoms with Crippen LogP contribution >= 0.6 is 0 Å². The zero-order valence-corrected chi connectivity index (χ0v) is 13.6. The Morgan fingerprint density at radius 1 is 1.24 bits per heavy atom. The van der Waals surface area contributed by atoms with Gasteiger partial charge in [-0.3, -0.25) is 10.1 Å². The summed E-state index contributed by atoms with van der Waals surface area (Å²) in [5.41, 5.74) is 1.96. The number of para-hydroxylation sites is 1. The molecule has 0 radical (unpaired) electrons. The van der Waals surface area contributed by atoms with Gasteiger partial charge in [0.25, 0.3) is 5.91 Å². The minimum atomic E-state index is -0.887. The van der Waals surface area contributed by atoms with Gasteiger partial charge in [-0.05, 0) is 55.0 Å². The van der Waals surface area contributed by atoms with Gasteiger partial charge in [-0.25, -0.2) is 9.18 Å². The third-order valence-corrected chi connectivity index (χ3v) is 4.14. The second kappa shape index (κ2) is 6.73. The number of nitrogens with one attached hydrogen (secondary N) is 2. The fourth-order valence-electron chi connectivity index (χ4n) is 2.63. The molecule has 0 saturated heterocycles. The van der Waals surface area contributed by atoms with Crippen molar-refractivity contribution >= 4 is 17.6 Å². The van der Waals surface area contributed by atoms with Crippen molar-refractivity contribution in [1.82, 2.24) is 5.32 Å². The van der Waals surface area contributed by atoms with Crippen LogP contribution in [0.25, 0.3) is 0 Å². The summed E-state index contributed by atoms with van der Waals surface area (Å²) >= 11 is 0. The summed E-state index contributed by atoms with van der Waals surface area (Å²) in [6.45, 7) is 1.81. The molecule has 0 heterocycles. The van der Waals surface area contributed by atoms with Crippen molar-refractivity contribution in [3.8, 4) is 6.07 Å². The van der Waals surface area contributed by atoms with Crippen molar-refractivity contribution in [2.45, 2.75) is 25.7 Å². The van der Waals surface area contributed by atoms with Crippen molar-refractivity contribution in [2.24, 2.45) is 0 Å². The van der Waals surface area contributed by atoms with E-state index < -0.39 is 17.8 Å². The largest absolute Gasteiger partial charge is 0.326 e. The standard InChI is InChI=1S/C19H16FN3O2/c1-11-4-2-3-5-17(11)22-19(25)23-18(24)15-8-13(10-21)14(9-16(15)20)12-6-7-12/h2-5,8-9,12H,6-7H2,1H3,(H2,22,23,24,25). The molecule has 0 atom stereocenters. The first-order valence-corrected chi connectivity index (χ1v) is 7.91. The zero-order valence-electron chi connectivity index (χ0n) is 13.6. The van der Waals surface area contributed by atoms with Crippen LogP contribution < -0.4 is 10.6 Å². The number of hydrogen-bond donors (Lipinski definition) is 2. The number of rotatable bonds is 3. The predicted octanol–water partition coefficient (Wildman–Crippen LogP) is 3.85. The molecule has 5 nitrogen and oxygen atoms in total. The Kier molecular flexibility index (Phi) is 4.48. The van der Waals surface area contributed by atoms with Gasteiger partial charge in [0.1, 0.15) is 5.82 Å². The highest BCUT2D eigenvalue weighted by Gasteiger charge is 2.28. The summed E-state index contributed by atoms with van der Waals surface area (Å²) in [5.74, 6) is -1.44. The summed E-state index contributed by atoms with van der Waals surface area (Å²) in [4.78, 5) is 24.2. The van der Waals surface area contributed by atoms with Crippen molar-refractivity contribution in [3.63, 3.8) is 0 Å². The molecule has 2 N–H and O–H groups in total. The predicted molar refractivity (Wildman–Crippen MR) is 90.8 cm³/mol. The van der Waals surface area contributed by atoms with Crippen LogP contribution in [-0.4, -0.2) is 11.9 Å². The number of amides is 3. The number of carbonyl (C=O) groups is 2. The van der Waals surface area contributed by atoms with E-state index in [0.29, 0.717) is 11.3 Å². The Labute approximate surface area is 144 Å². The zero-order chi connectivity index (χ0) is 18.0. The van der Waals surface area contributed by atoms with Crippen molar-refractivity contribution in [3.05, 3.63) is 64.5 Å². The molecule has 1 aliphatic carbocycles. The van der Waals surface area contributed by atoms with Gasteiger partial charge in [0.2, 0.25) is 0 Å². The van der Waals surface area contributed by atoms with Gasteiger partial charge in [0.05, 0.1) is 17.2 Å². The molecule has 1 fully saturated rings. The van der Waals surface area contributed by atoms with Gasteiger partial charge in [-0.1, -0.05) is 18.2 Å². The monoisotopic (exact) mass is 337 g/mol. The number of halogens is 1. The first-order valence-electron chi connectivity index (χ1n) is 7.91. The molecule has 0 bridgehead atoms. The van der Waals surface area contributed by atoms with Gasteiger partial charge in [0.15, 0.2) is 0 Å². The Hall–Kier alpha value is -3.20. The number of imide groups is 1. The molecule has 1 aliphatic rings. The Morgan fingerprint density at radius 2 is 1.96 bits per heavy atom.